The van der Waals surface area contributed by atoms with Crippen molar-refractivity contribution in [3.8, 4) is 6.07 Å². The van der Waals surface area contributed by atoms with Gasteiger partial charge in [0.05, 0.1) is 18.2 Å². The van der Waals surface area contributed by atoms with Gasteiger partial charge in [-0.2, -0.15) is 5.26 Å². The molecule has 2 heterocycles. The van der Waals surface area contributed by atoms with Crippen molar-refractivity contribution >= 4 is 0 Å². The molecule has 0 N–H and O–H groups in total. The number of nitriles is 1. The van der Waals surface area contributed by atoms with E-state index >= 15 is 0 Å². The third-order valence-corrected chi connectivity index (χ3v) is 4.62. The van der Waals surface area contributed by atoms with Crippen molar-refractivity contribution in [2.24, 2.45) is 0 Å². The average molecular weight is 324 g/mol. The molecule has 1 aromatic heterocycles. The van der Waals surface area contributed by atoms with Crippen molar-refractivity contribution in [2.75, 3.05) is 26.8 Å². The summed E-state index contributed by atoms with van der Waals surface area (Å²) in [7, 11) is 1.73. The molecule has 0 unspecified atom stereocenters. The number of methoxy groups -OCH3 is 1. The minimum absolute atomic E-state index is 0.463. The van der Waals surface area contributed by atoms with Gasteiger partial charge in [0.25, 0.3) is 0 Å². The molecule has 1 aliphatic rings. The van der Waals surface area contributed by atoms with Crippen LogP contribution in [0.5, 0.6) is 0 Å². The van der Waals surface area contributed by atoms with Gasteiger partial charge in [0, 0.05) is 45.1 Å². The third-order valence-electron chi connectivity index (χ3n) is 4.62. The number of imidazole rings is 1. The molecule has 5 heteroatoms. The first kappa shape index (κ1) is 16.7. The Morgan fingerprint density at radius 1 is 1.42 bits per heavy atom. The van der Waals surface area contributed by atoms with E-state index in [0.717, 1.165) is 31.7 Å². The van der Waals surface area contributed by atoms with E-state index in [1.165, 1.54) is 24.2 Å². The molecule has 1 saturated heterocycles. The van der Waals surface area contributed by atoms with Gasteiger partial charge in [-0.15, -0.1) is 0 Å². The first-order chi connectivity index (χ1) is 11.8. The van der Waals surface area contributed by atoms with Crippen LogP contribution >= 0.6 is 0 Å². The molecule has 1 atom stereocenters. The molecule has 2 aromatic rings. The second-order valence-corrected chi connectivity index (χ2v) is 6.36. The molecule has 0 spiro atoms. The van der Waals surface area contributed by atoms with E-state index < -0.39 is 0 Å². The van der Waals surface area contributed by atoms with Gasteiger partial charge in [-0.25, -0.2) is 4.98 Å². The van der Waals surface area contributed by atoms with E-state index in [1.807, 2.05) is 30.6 Å². The Hall–Kier alpha value is -2.16. The maximum absolute atomic E-state index is 9.05. The molecular weight excluding hydrogens is 300 g/mol. The SMILES string of the molecule is COCCn1ccnc1[C@H]1CCCN(Cc2cccc(C#N)c2)C1. The maximum Gasteiger partial charge on any atom is 0.113 e. The molecule has 1 aliphatic heterocycles. The molecular formula is C19H24N4O. The normalized spacial score (nSPS) is 18.4. The molecule has 0 radical (unpaired) electrons. The second kappa shape index (κ2) is 8.09. The van der Waals surface area contributed by atoms with E-state index in [9.17, 15) is 0 Å². The Balaban J connectivity index is 1.66. The van der Waals surface area contributed by atoms with Crippen LogP contribution in [0.1, 0.15) is 35.7 Å². The Kier molecular flexibility index (Phi) is 5.63. The smallest absolute Gasteiger partial charge is 0.113 e. The fourth-order valence-corrected chi connectivity index (χ4v) is 3.47. The molecule has 1 fully saturated rings. The Bertz CT molecular complexity index is 703. The molecule has 0 saturated carbocycles. The van der Waals surface area contributed by atoms with E-state index in [4.69, 9.17) is 10.00 Å². The summed E-state index contributed by atoms with van der Waals surface area (Å²) >= 11 is 0. The lowest BCUT2D eigenvalue weighted by molar-refractivity contribution is 0.177. The highest BCUT2D eigenvalue weighted by Gasteiger charge is 2.24. The van der Waals surface area contributed by atoms with Gasteiger partial charge in [0.2, 0.25) is 0 Å². The fourth-order valence-electron chi connectivity index (χ4n) is 3.47. The number of hydrogen-bond donors (Lipinski definition) is 0. The Morgan fingerprint density at radius 3 is 3.17 bits per heavy atom. The summed E-state index contributed by atoms with van der Waals surface area (Å²) in [6.07, 6.45) is 6.29. The second-order valence-electron chi connectivity index (χ2n) is 6.36. The predicted octanol–water partition coefficient (Wildman–Crippen LogP) is 2.78. The van der Waals surface area contributed by atoms with E-state index in [2.05, 4.69) is 26.6 Å². The molecule has 126 valence electrons. The van der Waals surface area contributed by atoms with Crippen LogP contribution in [0.3, 0.4) is 0 Å². The topological polar surface area (TPSA) is 54.1 Å². The molecule has 0 aliphatic carbocycles. The van der Waals surface area contributed by atoms with Gasteiger partial charge in [0.15, 0.2) is 0 Å². The van der Waals surface area contributed by atoms with Gasteiger partial charge in [-0.3, -0.25) is 4.90 Å². The lowest BCUT2D eigenvalue weighted by Crippen LogP contribution is -2.35. The largest absolute Gasteiger partial charge is 0.383 e. The summed E-state index contributed by atoms with van der Waals surface area (Å²) in [6, 6.07) is 10.1. The highest BCUT2D eigenvalue weighted by Crippen LogP contribution is 2.27. The van der Waals surface area contributed by atoms with Crippen LogP contribution in [0.4, 0.5) is 0 Å². The van der Waals surface area contributed by atoms with E-state index in [1.54, 1.807) is 7.11 Å². The summed E-state index contributed by atoms with van der Waals surface area (Å²) in [5.74, 6) is 1.63. The summed E-state index contributed by atoms with van der Waals surface area (Å²) in [6.45, 7) is 4.57. The van der Waals surface area contributed by atoms with Crippen molar-refractivity contribution in [1.29, 1.82) is 5.26 Å². The van der Waals surface area contributed by atoms with Crippen LogP contribution in [0.2, 0.25) is 0 Å². The quantitative estimate of drug-likeness (QED) is 0.820. The Morgan fingerprint density at radius 2 is 2.33 bits per heavy atom. The molecule has 1 aromatic carbocycles. The van der Waals surface area contributed by atoms with Crippen LogP contribution < -0.4 is 0 Å². The Labute approximate surface area is 143 Å². The number of hydrogen-bond acceptors (Lipinski definition) is 4. The summed E-state index contributed by atoms with van der Waals surface area (Å²) in [4.78, 5) is 7.07. The summed E-state index contributed by atoms with van der Waals surface area (Å²) in [5.41, 5.74) is 1.94. The predicted molar refractivity (Wildman–Crippen MR) is 92.5 cm³/mol. The molecule has 0 amide bonds. The van der Waals surface area contributed by atoms with Crippen molar-refractivity contribution in [2.45, 2.75) is 31.8 Å². The summed E-state index contributed by atoms with van der Waals surface area (Å²) in [5, 5.41) is 9.05. The van der Waals surface area contributed by atoms with Gasteiger partial charge >= 0.3 is 0 Å². The number of nitrogens with zero attached hydrogens (tertiary/aromatic N) is 4. The molecule has 5 nitrogen and oxygen atoms in total. The van der Waals surface area contributed by atoms with Crippen molar-refractivity contribution in [3.05, 3.63) is 53.6 Å². The van der Waals surface area contributed by atoms with E-state index in [-0.39, 0.29) is 0 Å². The van der Waals surface area contributed by atoms with Gasteiger partial charge in [0.1, 0.15) is 5.82 Å². The van der Waals surface area contributed by atoms with Gasteiger partial charge in [-0.1, -0.05) is 12.1 Å². The minimum Gasteiger partial charge on any atom is -0.383 e. The number of ether oxygens (including phenoxy) is 1. The molecule has 3 rings (SSSR count). The first-order valence-electron chi connectivity index (χ1n) is 8.51. The molecule has 0 bridgehead atoms. The monoisotopic (exact) mass is 324 g/mol. The van der Waals surface area contributed by atoms with E-state index in [0.29, 0.717) is 12.5 Å². The van der Waals surface area contributed by atoms with Crippen LogP contribution in [0.15, 0.2) is 36.7 Å². The lowest BCUT2D eigenvalue weighted by atomic mass is 9.96. The van der Waals surface area contributed by atoms with Crippen LogP contribution in [-0.2, 0) is 17.8 Å². The van der Waals surface area contributed by atoms with Crippen LogP contribution in [-0.4, -0.2) is 41.3 Å². The molecule has 24 heavy (non-hydrogen) atoms. The first-order valence-corrected chi connectivity index (χ1v) is 8.51. The zero-order valence-electron chi connectivity index (χ0n) is 14.2. The number of aromatic nitrogens is 2. The van der Waals surface area contributed by atoms with Crippen LogP contribution in [0, 0.1) is 11.3 Å². The number of rotatable bonds is 6. The zero-order chi connectivity index (χ0) is 16.8. The van der Waals surface area contributed by atoms with Crippen molar-refractivity contribution < 1.29 is 4.74 Å². The van der Waals surface area contributed by atoms with Crippen LogP contribution in [0.25, 0.3) is 0 Å². The zero-order valence-corrected chi connectivity index (χ0v) is 14.2. The third kappa shape index (κ3) is 4.02. The maximum atomic E-state index is 9.05. The lowest BCUT2D eigenvalue weighted by Gasteiger charge is -2.32. The summed E-state index contributed by atoms with van der Waals surface area (Å²) < 4.78 is 7.41. The average Bonchev–Trinajstić information content (AvgIpc) is 3.09. The highest BCUT2D eigenvalue weighted by molar-refractivity contribution is 5.32. The van der Waals surface area contributed by atoms with Crippen molar-refractivity contribution in [3.63, 3.8) is 0 Å². The van der Waals surface area contributed by atoms with Gasteiger partial charge < -0.3 is 9.30 Å². The van der Waals surface area contributed by atoms with Gasteiger partial charge in [-0.05, 0) is 37.1 Å². The standard InChI is InChI=1S/C19H24N4O/c1-24-11-10-23-9-7-21-19(23)18-6-3-8-22(15-18)14-17-5-2-4-16(12-17)13-20/h2,4-5,7,9,12,18H,3,6,8,10-11,14-15H2,1H3/t18-/m0/s1. The fraction of sp³-hybridized carbons (Fsp3) is 0.474. The highest BCUT2D eigenvalue weighted by atomic mass is 16.5. The number of likely N-dealkylation sites (tertiary alicyclic amines) is 1. The minimum atomic E-state index is 0.463. The van der Waals surface area contributed by atoms with Crippen molar-refractivity contribution in [1.82, 2.24) is 14.5 Å². The number of piperidine rings is 1. The number of benzene rings is 1.